The third-order valence-electron chi connectivity index (χ3n) is 2.60. The molecule has 1 aromatic rings. The van der Waals surface area contributed by atoms with Gasteiger partial charge in [-0.2, -0.15) is 0 Å². The second kappa shape index (κ2) is 6.33. The minimum absolute atomic E-state index is 0.303. The quantitative estimate of drug-likeness (QED) is 0.841. The van der Waals surface area contributed by atoms with Gasteiger partial charge in [0.2, 0.25) is 0 Å². The zero-order valence-corrected chi connectivity index (χ0v) is 11.8. The van der Waals surface area contributed by atoms with Gasteiger partial charge in [-0.25, -0.2) is 0 Å². The van der Waals surface area contributed by atoms with Crippen LogP contribution >= 0.6 is 28.1 Å². The summed E-state index contributed by atoms with van der Waals surface area (Å²) in [6.45, 7) is 1.65. The highest BCUT2D eigenvalue weighted by Crippen LogP contribution is 2.15. The predicted molar refractivity (Wildman–Crippen MR) is 77.3 cm³/mol. The Hall–Kier alpha value is -0.650. The molecule has 1 aromatic carbocycles. The third kappa shape index (κ3) is 4.26. The van der Waals surface area contributed by atoms with E-state index in [2.05, 4.69) is 26.6 Å². The smallest absolute Gasteiger partial charge is 0.170 e. The number of thiocarbonyl (C=S) groups is 1. The third-order valence-corrected chi connectivity index (χ3v) is 3.34. The fourth-order valence-electron chi connectivity index (χ4n) is 1.75. The van der Waals surface area contributed by atoms with Crippen LogP contribution in [0, 0.1) is 0 Å². The molecule has 0 aliphatic carbocycles. The summed E-state index contributed by atoms with van der Waals surface area (Å²) in [4.78, 5) is 0. The Balaban J connectivity index is 1.76. The fourth-order valence-corrected chi connectivity index (χ4v) is 2.35. The van der Waals surface area contributed by atoms with Crippen LogP contribution < -0.4 is 10.6 Å². The van der Waals surface area contributed by atoms with E-state index in [1.54, 1.807) is 0 Å². The Morgan fingerprint density at radius 2 is 2.41 bits per heavy atom. The van der Waals surface area contributed by atoms with E-state index in [4.69, 9.17) is 17.0 Å². The summed E-state index contributed by atoms with van der Waals surface area (Å²) in [7, 11) is 0. The van der Waals surface area contributed by atoms with Crippen molar-refractivity contribution in [2.45, 2.75) is 18.9 Å². The predicted octanol–water partition coefficient (Wildman–Crippen LogP) is 2.91. The molecule has 0 bridgehead atoms. The van der Waals surface area contributed by atoms with Gasteiger partial charge in [0.1, 0.15) is 0 Å². The topological polar surface area (TPSA) is 33.3 Å². The Morgan fingerprint density at radius 3 is 3.12 bits per heavy atom. The van der Waals surface area contributed by atoms with Gasteiger partial charge in [-0.15, -0.1) is 0 Å². The second-order valence-corrected chi connectivity index (χ2v) is 5.30. The number of rotatable bonds is 3. The van der Waals surface area contributed by atoms with Crippen molar-refractivity contribution >= 4 is 38.9 Å². The van der Waals surface area contributed by atoms with Crippen LogP contribution in [0.1, 0.15) is 12.8 Å². The zero-order chi connectivity index (χ0) is 12.1. The van der Waals surface area contributed by atoms with Gasteiger partial charge in [0.15, 0.2) is 5.11 Å². The SMILES string of the molecule is S=C(NC[C@@H]1CCCO1)Nc1cccc(Br)c1. The van der Waals surface area contributed by atoms with E-state index >= 15 is 0 Å². The average molecular weight is 315 g/mol. The molecule has 1 aliphatic rings. The van der Waals surface area contributed by atoms with E-state index in [0.29, 0.717) is 11.2 Å². The van der Waals surface area contributed by atoms with Crippen molar-refractivity contribution in [1.29, 1.82) is 0 Å². The van der Waals surface area contributed by atoms with Crippen molar-refractivity contribution in [2.75, 3.05) is 18.5 Å². The molecule has 0 radical (unpaired) electrons. The first-order valence-electron chi connectivity index (χ1n) is 5.66. The summed E-state index contributed by atoms with van der Waals surface area (Å²) in [5, 5.41) is 6.95. The molecular weight excluding hydrogens is 300 g/mol. The number of halogens is 1. The minimum Gasteiger partial charge on any atom is -0.376 e. The van der Waals surface area contributed by atoms with Crippen molar-refractivity contribution in [1.82, 2.24) is 5.32 Å². The Bertz CT molecular complexity index is 394. The van der Waals surface area contributed by atoms with E-state index in [1.165, 1.54) is 0 Å². The van der Waals surface area contributed by atoms with Gasteiger partial charge in [-0.05, 0) is 43.3 Å². The maximum atomic E-state index is 5.52. The maximum absolute atomic E-state index is 5.52. The number of nitrogens with one attached hydrogen (secondary N) is 2. The summed E-state index contributed by atoms with van der Waals surface area (Å²) < 4.78 is 6.55. The van der Waals surface area contributed by atoms with Crippen molar-refractivity contribution in [3.63, 3.8) is 0 Å². The summed E-state index contributed by atoms with van der Waals surface area (Å²) in [6, 6.07) is 7.91. The van der Waals surface area contributed by atoms with Crippen molar-refractivity contribution in [2.24, 2.45) is 0 Å². The van der Waals surface area contributed by atoms with E-state index < -0.39 is 0 Å². The number of ether oxygens (including phenoxy) is 1. The summed E-state index contributed by atoms with van der Waals surface area (Å²) >= 11 is 8.64. The van der Waals surface area contributed by atoms with Crippen LogP contribution in [0.5, 0.6) is 0 Å². The largest absolute Gasteiger partial charge is 0.376 e. The summed E-state index contributed by atoms with van der Waals surface area (Å²) in [5.41, 5.74) is 0.976. The van der Waals surface area contributed by atoms with Crippen molar-refractivity contribution in [3.05, 3.63) is 28.7 Å². The summed E-state index contributed by atoms with van der Waals surface area (Å²) in [5.74, 6) is 0. The lowest BCUT2D eigenvalue weighted by Gasteiger charge is -2.14. The summed E-state index contributed by atoms with van der Waals surface area (Å²) in [6.07, 6.45) is 2.57. The molecule has 0 saturated carbocycles. The van der Waals surface area contributed by atoms with Crippen molar-refractivity contribution in [3.8, 4) is 0 Å². The van der Waals surface area contributed by atoms with E-state index in [-0.39, 0.29) is 0 Å². The molecule has 1 heterocycles. The molecule has 1 saturated heterocycles. The lowest BCUT2D eigenvalue weighted by molar-refractivity contribution is 0.114. The molecule has 0 amide bonds. The highest BCUT2D eigenvalue weighted by molar-refractivity contribution is 9.10. The van der Waals surface area contributed by atoms with Crippen LogP contribution in [0.4, 0.5) is 5.69 Å². The molecule has 1 aliphatic heterocycles. The van der Waals surface area contributed by atoms with Gasteiger partial charge in [0, 0.05) is 23.3 Å². The highest BCUT2D eigenvalue weighted by atomic mass is 79.9. The minimum atomic E-state index is 0.303. The van der Waals surface area contributed by atoms with Gasteiger partial charge < -0.3 is 15.4 Å². The Morgan fingerprint density at radius 1 is 1.53 bits per heavy atom. The van der Waals surface area contributed by atoms with E-state index in [9.17, 15) is 0 Å². The average Bonchev–Trinajstić information content (AvgIpc) is 2.79. The van der Waals surface area contributed by atoms with Crippen LogP contribution in [-0.4, -0.2) is 24.4 Å². The molecule has 3 nitrogen and oxygen atoms in total. The van der Waals surface area contributed by atoms with Crippen LogP contribution in [0.15, 0.2) is 28.7 Å². The van der Waals surface area contributed by atoms with Crippen LogP contribution in [0.25, 0.3) is 0 Å². The zero-order valence-electron chi connectivity index (χ0n) is 9.41. The van der Waals surface area contributed by atoms with Gasteiger partial charge in [-0.3, -0.25) is 0 Å². The number of benzene rings is 1. The fraction of sp³-hybridized carbons (Fsp3) is 0.417. The van der Waals surface area contributed by atoms with Gasteiger partial charge >= 0.3 is 0 Å². The molecule has 0 spiro atoms. The van der Waals surface area contributed by atoms with Crippen molar-refractivity contribution < 1.29 is 4.74 Å². The normalized spacial score (nSPS) is 19.0. The number of anilines is 1. The molecule has 5 heteroatoms. The molecule has 2 N–H and O–H groups in total. The lowest BCUT2D eigenvalue weighted by atomic mass is 10.2. The maximum Gasteiger partial charge on any atom is 0.170 e. The van der Waals surface area contributed by atoms with Gasteiger partial charge in [-0.1, -0.05) is 22.0 Å². The van der Waals surface area contributed by atoms with E-state index in [1.807, 2.05) is 24.3 Å². The first-order valence-corrected chi connectivity index (χ1v) is 6.86. The monoisotopic (exact) mass is 314 g/mol. The van der Waals surface area contributed by atoms with Gasteiger partial charge in [0.05, 0.1) is 6.10 Å². The molecule has 1 fully saturated rings. The van der Waals surface area contributed by atoms with Crippen LogP contribution in [0.2, 0.25) is 0 Å². The highest BCUT2D eigenvalue weighted by Gasteiger charge is 2.15. The molecule has 17 heavy (non-hydrogen) atoms. The second-order valence-electron chi connectivity index (χ2n) is 3.98. The van der Waals surface area contributed by atoms with E-state index in [0.717, 1.165) is 36.2 Å². The molecule has 2 rings (SSSR count). The van der Waals surface area contributed by atoms with Crippen LogP contribution in [-0.2, 0) is 4.74 Å². The Kier molecular flexibility index (Phi) is 4.76. The number of hydrogen-bond donors (Lipinski definition) is 2. The molecular formula is C12H15BrN2OS. The molecule has 1 atom stereocenters. The Labute approximate surface area is 115 Å². The van der Waals surface area contributed by atoms with Gasteiger partial charge in [0.25, 0.3) is 0 Å². The van der Waals surface area contributed by atoms with Crippen LogP contribution in [0.3, 0.4) is 0 Å². The molecule has 92 valence electrons. The lowest BCUT2D eigenvalue weighted by Crippen LogP contribution is -2.34. The number of hydrogen-bond acceptors (Lipinski definition) is 2. The molecule has 0 aromatic heterocycles. The first-order chi connectivity index (χ1) is 8.24. The molecule has 0 unspecified atom stereocenters. The first kappa shape index (κ1) is 12.8. The standard InChI is InChI=1S/C12H15BrN2OS/c13-9-3-1-4-10(7-9)15-12(17)14-8-11-5-2-6-16-11/h1,3-4,7,11H,2,5-6,8H2,(H2,14,15,17)/t11-/m0/s1.